The maximum absolute atomic E-state index is 12.7. The number of pyridine rings is 1. The standard InChI is InChI=1S/C22H24F3N3O.CH2O2/c1-2-20(29)28-13-17-12-27(11-15-8-9-19(26-10-15)22(23,24)25)14-18(17)21(28)16-6-4-3-5-7-16;2-1-3/h3-10,17-18,21H,2,11-14H2,1H3;1H,(H,2,3)/t17-,18-,21+;/m0./s1. The van der Waals surface area contributed by atoms with E-state index in [9.17, 15) is 18.0 Å². The molecule has 2 aliphatic heterocycles. The summed E-state index contributed by atoms with van der Waals surface area (Å²) in [4.78, 5) is 28.7. The van der Waals surface area contributed by atoms with Gasteiger partial charge in [0.05, 0.1) is 6.04 Å². The van der Waals surface area contributed by atoms with Gasteiger partial charge in [0.1, 0.15) is 5.69 Å². The average molecular weight is 449 g/mol. The van der Waals surface area contributed by atoms with Crippen LogP contribution < -0.4 is 0 Å². The lowest BCUT2D eigenvalue weighted by Gasteiger charge is -2.30. The molecule has 4 rings (SSSR count). The number of hydrogen-bond acceptors (Lipinski definition) is 4. The van der Waals surface area contributed by atoms with Crippen molar-refractivity contribution in [2.24, 2.45) is 11.8 Å². The summed E-state index contributed by atoms with van der Waals surface area (Å²) in [6.45, 7) is 4.60. The largest absolute Gasteiger partial charge is 0.483 e. The molecular formula is C23H26F3N3O3. The lowest BCUT2D eigenvalue weighted by Crippen LogP contribution is -2.35. The molecule has 2 saturated heterocycles. The van der Waals surface area contributed by atoms with E-state index >= 15 is 0 Å². The Kier molecular flexibility index (Phi) is 7.50. The predicted molar refractivity (Wildman–Crippen MR) is 111 cm³/mol. The summed E-state index contributed by atoms with van der Waals surface area (Å²) < 4.78 is 38.1. The van der Waals surface area contributed by atoms with Gasteiger partial charge >= 0.3 is 6.18 Å². The molecule has 172 valence electrons. The minimum absolute atomic E-state index is 0.0596. The Labute approximate surface area is 184 Å². The van der Waals surface area contributed by atoms with Gasteiger partial charge in [0, 0.05) is 44.7 Å². The van der Waals surface area contributed by atoms with E-state index in [0.29, 0.717) is 24.8 Å². The van der Waals surface area contributed by atoms with Crippen LogP contribution in [0.2, 0.25) is 0 Å². The van der Waals surface area contributed by atoms with Crippen LogP contribution in [0, 0.1) is 11.8 Å². The van der Waals surface area contributed by atoms with Crippen LogP contribution in [-0.2, 0) is 22.3 Å². The van der Waals surface area contributed by atoms with Crippen molar-refractivity contribution < 1.29 is 27.9 Å². The first-order chi connectivity index (χ1) is 15.3. The van der Waals surface area contributed by atoms with Crippen molar-refractivity contribution in [1.29, 1.82) is 0 Å². The fourth-order valence-electron chi connectivity index (χ4n) is 4.75. The molecule has 9 heteroatoms. The number of fused-ring (bicyclic) bond motifs is 1. The molecule has 1 N–H and O–H groups in total. The highest BCUT2D eigenvalue weighted by molar-refractivity contribution is 5.77. The molecule has 0 spiro atoms. The monoisotopic (exact) mass is 449 g/mol. The Morgan fingerprint density at radius 2 is 1.84 bits per heavy atom. The third-order valence-corrected chi connectivity index (χ3v) is 6.03. The van der Waals surface area contributed by atoms with Crippen molar-refractivity contribution in [3.63, 3.8) is 0 Å². The van der Waals surface area contributed by atoms with Crippen molar-refractivity contribution in [3.8, 4) is 0 Å². The van der Waals surface area contributed by atoms with Crippen LogP contribution in [0.5, 0.6) is 0 Å². The quantitative estimate of drug-likeness (QED) is 0.718. The van der Waals surface area contributed by atoms with E-state index in [1.165, 1.54) is 12.3 Å². The lowest BCUT2D eigenvalue weighted by molar-refractivity contribution is -0.141. The molecule has 1 aromatic carbocycles. The summed E-state index contributed by atoms with van der Waals surface area (Å²) in [6.07, 6.45) is -2.61. The summed E-state index contributed by atoms with van der Waals surface area (Å²) in [6, 6.07) is 12.7. The van der Waals surface area contributed by atoms with E-state index in [4.69, 9.17) is 9.90 Å². The number of halogens is 3. The van der Waals surface area contributed by atoms with Gasteiger partial charge in [0.2, 0.25) is 5.91 Å². The van der Waals surface area contributed by atoms with Gasteiger partial charge in [-0.15, -0.1) is 0 Å². The van der Waals surface area contributed by atoms with Crippen molar-refractivity contribution in [2.75, 3.05) is 19.6 Å². The lowest BCUT2D eigenvalue weighted by atomic mass is 9.89. The highest BCUT2D eigenvalue weighted by atomic mass is 19.4. The number of likely N-dealkylation sites (tertiary alicyclic amines) is 2. The Bertz CT molecular complexity index is 906. The number of carboxylic acid groups (broad SMARTS) is 1. The molecule has 0 unspecified atom stereocenters. The molecule has 2 fully saturated rings. The van der Waals surface area contributed by atoms with Gasteiger partial charge in [-0.05, 0) is 23.1 Å². The molecule has 0 aliphatic carbocycles. The van der Waals surface area contributed by atoms with E-state index in [1.807, 2.05) is 30.0 Å². The minimum Gasteiger partial charge on any atom is -0.483 e. The number of hydrogen-bond donors (Lipinski definition) is 1. The first-order valence-corrected chi connectivity index (χ1v) is 10.4. The Balaban J connectivity index is 0.000000913. The summed E-state index contributed by atoms with van der Waals surface area (Å²) >= 11 is 0. The highest BCUT2D eigenvalue weighted by Crippen LogP contribution is 2.45. The Morgan fingerprint density at radius 1 is 1.16 bits per heavy atom. The third kappa shape index (κ3) is 5.27. The minimum atomic E-state index is -4.42. The van der Waals surface area contributed by atoms with E-state index in [-0.39, 0.29) is 18.4 Å². The highest BCUT2D eigenvalue weighted by Gasteiger charge is 2.48. The molecule has 1 amide bonds. The van der Waals surface area contributed by atoms with Crippen molar-refractivity contribution >= 4 is 12.4 Å². The molecular weight excluding hydrogens is 423 g/mol. The van der Waals surface area contributed by atoms with Crippen LogP contribution in [0.3, 0.4) is 0 Å². The zero-order valence-corrected chi connectivity index (χ0v) is 17.7. The van der Waals surface area contributed by atoms with Crippen molar-refractivity contribution in [2.45, 2.75) is 32.1 Å². The fraction of sp³-hybridized carbons (Fsp3) is 0.435. The molecule has 32 heavy (non-hydrogen) atoms. The smallest absolute Gasteiger partial charge is 0.433 e. The number of carbonyl (C=O) groups is 2. The molecule has 0 radical (unpaired) electrons. The van der Waals surface area contributed by atoms with Crippen LogP contribution in [0.4, 0.5) is 13.2 Å². The number of nitrogens with zero attached hydrogens (tertiary/aromatic N) is 3. The zero-order valence-electron chi connectivity index (χ0n) is 17.7. The maximum Gasteiger partial charge on any atom is 0.433 e. The predicted octanol–water partition coefficient (Wildman–Crippen LogP) is 3.84. The molecule has 2 aliphatic rings. The van der Waals surface area contributed by atoms with E-state index in [1.54, 1.807) is 0 Å². The van der Waals surface area contributed by atoms with Gasteiger partial charge in [-0.3, -0.25) is 19.5 Å². The molecule has 6 nitrogen and oxygen atoms in total. The van der Waals surface area contributed by atoms with Crippen molar-refractivity contribution in [1.82, 2.24) is 14.8 Å². The molecule has 0 saturated carbocycles. The first-order valence-electron chi connectivity index (χ1n) is 10.4. The topological polar surface area (TPSA) is 73.7 Å². The summed E-state index contributed by atoms with van der Waals surface area (Å²) in [5.41, 5.74) is 1.06. The van der Waals surface area contributed by atoms with Crippen LogP contribution >= 0.6 is 0 Å². The number of aromatic nitrogens is 1. The molecule has 1 aromatic heterocycles. The number of amides is 1. The van der Waals surface area contributed by atoms with E-state index < -0.39 is 11.9 Å². The molecule has 0 bridgehead atoms. The average Bonchev–Trinajstić information content (AvgIpc) is 3.31. The van der Waals surface area contributed by atoms with Gasteiger partial charge in [-0.2, -0.15) is 13.2 Å². The first kappa shape index (κ1) is 23.7. The van der Waals surface area contributed by atoms with Crippen LogP contribution in [0.1, 0.15) is 36.2 Å². The number of benzene rings is 1. The second kappa shape index (κ2) is 10.1. The van der Waals surface area contributed by atoms with Gasteiger partial charge in [0.25, 0.3) is 6.47 Å². The second-order valence-electron chi connectivity index (χ2n) is 8.03. The Morgan fingerprint density at radius 3 is 2.41 bits per heavy atom. The van der Waals surface area contributed by atoms with Crippen LogP contribution in [0.15, 0.2) is 48.7 Å². The fourth-order valence-corrected chi connectivity index (χ4v) is 4.75. The maximum atomic E-state index is 12.7. The molecule has 2 aromatic rings. The van der Waals surface area contributed by atoms with Gasteiger partial charge in [-0.1, -0.05) is 43.3 Å². The van der Waals surface area contributed by atoms with Gasteiger partial charge < -0.3 is 10.0 Å². The summed E-state index contributed by atoms with van der Waals surface area (Å²) in [5, 5.41) is 6.89. The normalized spacial score (nSPS) is 22.8. The van der Waals surface area contributed by atoms with E-state index in [2.05, 4.69) is 22.0 Å². The molecule has 3 heterocycles. The number of alkyl halides is 3. The van der Waals surface area contributed by atoms with E-state index in [0.717, 1.165) is 36.8 Å². The van der Waals surface area contributed by atoms with Crippen molar-refractivity contribution in [3.05, 3.63) is 65.5 Å². The Hall–Kier alpha value is -2.94. The number of carbonyl (C=O) groups excluding carboxylic acids is 1. The SMILES string of the molecule is CCC(=O)N1C[C@@H]2CN(Cc3ccc(C(F)(F)F)nc3)C[C@@H]2[C@H]1c1ccccc1.O=CO. The van der Waals surface area contributed by atoms with Crippen LogP contribution in [-0.4, -0.2) is 51.9 Å². The van der Waals surface area contributed by atoms with Gasteiger partial charge in [0.15, 0.2) is 0 Å². The third-order valence-electron chi connectivity index (χ3n) is 6.03. The second-order valence-corrected chi connectivity index (χ2v) is 8.03. The summed E-state index contributed by atoms with van der Waals surface area (Å²) in [7, 11) is 0. The molecule has 3 atom stereocenters. The van der Waals surface area contributed by atoms with Gasteiger partial charge in [-0.25, -0.2) is 0 Å². The number of rotatable bonds is 4. The zero-order chi connectivity index (χ0) is 23.3. The van der Waals surface area contributed by atoms with Crippen LogP contribution in [0.25, 0.3) is 0 Å². The summed E-state index contributed by atoms with van der Waals surface area (Å²) in [5.74, 6) is 0.875.